The zero-order valence-corrected chi connectivity index (χ0v) is 13.1. The molecule has 1 N–H and O–H groups in total. The number of aryl methyl sites for hydroxylation is 2. The van der Waals surface area contributed by atoms with Crippen molar-refractivity contribution < 1.29 is 4.79 Å². The molecular weight excluding hydrogens is 282 g/mol. The molecule has 21 heavy (non-hydrogen) atoms. The molecule has 1 aliphatic heterocycles. The van der Waals surface area contributed by atoms with Gasteiger partial charge in [0.05, 0.1) is 5.69 Å². The third-order valence-electron chi connectivity index (χ3n) is 3.66. The number of aromatic nitrogens is 1. The van der Waals surface area contributed by atoms with E-state index >= 15 is 0 Å². The highest BCUT2D eigenvalue weighted by Crippen LogP contribution is 2.38. The SMILES string of the molecule is Cc1cccc(NC(=O)N2CCSC2c2cccn2C)c1. The summed E-state index contributed by atoms with van der Waals surface area (Å²) in [6, 6.07) is 12.0. The summed E-state index contributed by atoms with van der Waals surface area (Å²) in [6.07, 6.45) is 2.02. The fourth-order valence-corrected chi connectivity index (χ4v) is 3.89. The Labute approximate surface area is 129 Å². The Kier molecular flexibility index (Phi) is 3.92. The normalized spacial score (nSPS) is 18.0. The first-order chi connectivity index (χ1) is 10.1. The van der Waals surface area contributed by atoms with E-state index in [-0.39, 0.29) is 11.4 Å². The number of thioether (sulfide) groups is 1. The highest BCUT2D eigenvalue weighted by atomic mass is 32.2. The van der Waals surface area contributed by atoms with Gasteiger partial charge in [-0.1, -0.05) is 12.1 Å². The summed E-state index contributed by atoms with van der Waals surface area (Å²) in [5, 5.41) is 3.09. The molecule has 1 saturated heterocycles. The highest BCUT2D eigenvalue weighted by Gasteiger charge is 2.32. The quantitative estimate of drug-likeness (QED) is 0.920. The smallest absolute Gasteiger partial charge is 0.323 e. The molecule has 1 unspecified atom stereocenters. The molecule has 0 aliphatic carbocycles. The van der Waals surface area contributed by atoms with Crippen molar-refractivity contribution in [3.05, 3.63) is 53.9 Å². The molecule has 2 heterocycles. The fraction of sp³-hybridized carbons (Fsp3) is 0.312. The van der Waals surface area contributed by atoms with Crippen LogP contribution in [0.5, 0.6) is 0 Å². The first-order valence-electron chi connectivity index (χ1n) is 7.02. The second kappa shape index (κ2) is 5.85. The molecule has 1 aromatic carbocycles. The van der Waals surface area contributed by atoms with Gasteiger partial charge in [-0.2, -0.15) is 0 Å². The maximum atomic E-state index is 12.5. The molecule has 5 heteroatoms. The molecule has 1 aliphatic rings. The first kappa shape index (κ1) is 14.1. The fourth-order valence-electron chi connectivity index (χ4n) is 2.57. The van der Waals surface area contributed by atoms with Crippen molar-refractivity contribution in [2.24, 2.45) is 7.05 Å². The Morgan fingerprint density at radius 3 is 2.90 bits per heavy atom. The minimum Gasteiger partial charge on any atom is -0.352 e. The van der Waals surface area contributed by atoms with Gasteiger partial charge >= 0.3 is 6.03 Å². The van der Waals surface area contributed by atoms with Crippen LogP contribution in [0.4, 0.5) is 10.5 Å². The summed E-state index contributed by atoms with van der Waals surface area (Å²) in [4.78, 5) is 14.4. The van der Waals surface area contributed by atoms with E-state index in [1.165, 1.54) is 0 Å². The summed E-state index contributed by atoms with van der Waals surface area (Å²) < 4.78 is 2.08. The molecule has 1 atom stereocenters. The lowest BCUT2D eigenvalue weighted by atomic mass is 10.2. The third-order valence-corrected chi connectivity index (χ3v) is 4.89. The lowest BCUT2D eigenvalue weighted by Crippen LogP contribution is -2.34. The van der Waals surface area contributed by atoms with E-state index in [1.807, 2.05) is 67.2 Å². The van der Waals surface area contributed by atoms with Gasteiger partial charge < -0.3 is 14.8 Å². The van der Waals surface area contributed by atoms with Crippen LogP contribution in [0.2, 0.25) is 0 Å². The molecule has 2 amide bonds. The maximum absolute atomic E-state index is 12.5. The molecule has 3 rings (SSSR count). The van der Waals surface area contributed by atoms with Gasteiger partial charge in [-0.05, 0) is 36.8 Å². The molecule has 2 aromatic rings. The van der Waals surface area contributed by atoms with Crippen LogP contribution in [0.1, 0.15) is 16.6 Å². The number of anilines is 1. The van der Waals surface area contributed by atoms with E-state index < -0.39 is 0 Å². The van der Waals surface area contributed by atoms with Crippen molar-refractivity contribution in [3.8, 4) is 0 Å². The van der Waals surface area contributed by atoms with Crippen LogP contribution in [-0.2, 0) is 7.05 Å². The Balaban J connectivity index is 1.76. The second-order valence-corrected chi connectivity index (χ2v) is 6.45. The topological polar surface area (TPSA) is 37.3 Å². The Morgan fingerprint density at radius 2 is 2.19 bits per heavy atom. The van der Waals surface area contributed by atoms with E-state index in [0.29, 0.717) is 0 Å². The Hall–Kier alpha value is -1.88. The Bertz CT molecular complexity index is 652. The number of hydrogen-bond acceptors (Lipinski definition) is 2. The van der Waals surface area contributed by atoms with E-state index in [9.17, 15) is 4.79 Å². The molecule has 0 radical (unpaired) electrons. The molecular formula is C16H19N3OS. The van der Waals surface area contributed by atoms with Gasteiger partial charge in [-0.15, -0.1) is 11.8 Å². The number of carbonyl (C=O) groups is 1. The summed E-state index contributed by atoms with van der Waals surface area (Å²) in [6.45, 7) is 2.80. The van der Waals surface area contributed by atoms with Crippen molar-refractivity contribution in [2.45, 2.75) is 12.3 Å². The van der Waals surface area contributed by atoms with Crippen molar-refractivity contribution in [2.75, 3.05) is 17.6 Å². The molecule has 1 fully saturated rings. The number of carbonyl (C=O) groups excluding carboxylic acids is 1. The largest absolute Gasteiger partial charge is 0.352 e. The third kappa shape index (κ3) is 2.93. The number of hydrogen-bond donors (Lipinski definition) is 1. The van der Waals surface area contributed by atoms with E-state index in [1.54, 1.807) is 0 Å². The second-order valence-electron chi connectivity index (χ2n) is 5.26. The van der Waals surface area contributed by atoms with E-state index in [2.05, 4.69) is 16.0 Å². The van der Waals surface area contributed by atoms with Gasteiger partial charge in [0.15, 0.2) is 0 Å². The monoisotopic (exact) mass is 301 g/mol. The zero-order valence-electron chi connectivity index (χ0n) is 12.2. The summed E-state index contributed by atoms with van der Waals surface area (Å²) in [5.41, 5.74) is 3.15. The van der Waals surface area contributed by atoms with Gasteiger partial charge in [0.25, 0.3) is 0 Å². The molecule has 0 spiro atoms. The standard InChI is InChI=1S/C16H19N3OS/c1-12-5-3-6-13(11-12)17-16(20)19-9-10-21-15(19)14-7-4-8-18(14)2/h3-8,11,15H,9-10H2,1-2H3,(H,17,20). The number of urea groups is 1. The van der Waals surface area contributed by atoms with Gasteiger partial charge in [0, 0.05) is 31.2 Å². The summed E-state index contributed by atoms with van der Waals surface area (Å²) >= 11 is 1.81. The molecule has 4 nitrogen and oxygen atoms in total. The van der Waals surface area contributed by atoms with Crippen LogP contribution < -0.4 is 5.32 Å². The van der Waals surface area contributed by atoms with Gasteiger partial charge in [-0.3, -0.25) is 0 Å². The average molecular weight is 301 g/mol. The van der Waals surface area contributed by atoms with Crippen molar-refractivity contribution in [3.63, 3.8) is 0 Å². The predicted molar refractivity (Wildman–Crippen MR) is 87.5 cm³/mol. The first-order valence-corrected chi connectivity index (χ1v) is 8.07. The van der Waals surface area contributed by atoms with Crippen LogP contribution in [-0.4, -0.2) is 27.8 Å². The number of amides is 2. The van der Waals surface area contributed by atoms with Gasteiger partial charge in [-0.25, -0.2) is 4.79 Å². The lowest BCUT2D eigenvalue weighted by molar-refractivity contribution is 0.213. The van der Waals surface area contributed by atoms with Crippen LogP contribution in [0.15, 0.2) is 42.6 Å². The van der Waals surface area contributed by atoms with Crippen molar-refractivity contribution in [1.82, 2.24) is 9.47 Å². The molecule has 1 aromatic heterocycles. The molecule has 0 saturated carbocycles. The number of nitrogens with one attached hydrogen (secondary N) is 1. The molecule has 0 bridgehead atoms. The van der Waals surface area contributed by atoms with E-state index in [0.717, 1.165) is 29.2 Å². The summed E-state index contributed by atoms with van der Waals surface area (Å²) in [5.74, 6) is 0.969. The summed E-state index contributed by atoms with van der Waals surface area (Å²) in [7, 11) is 2.02. The van der Waals surface area contributed by atoms with Crippen LogP contribution >= 0.6 is 11.8 Å². The van der Waals surface area contributed by atoms with E-state index in [4.69, 9.17) is 0 Å². The van der Waals surface area contributed by atoms with Crippen molar-refractivity contribution >= 4 is 23.5 Å². The number of rotatable bonds is 2. The van der Waals surface area contributed by atoms with Gasteiger partial charge in [0.2, 0.25) is 0 Å². The average Bonchev–Trinajstić information content (AvgIpc) is 3.06. The minimum atomic E-state index is -0.0307. The molecule has 110 valence electrons. The maximum Gasteiger partial charge on any atom is 0.323 e. The van der Waals surface area contributed by atoms with Crippen molar-refractivity contribution in [1.29, 1.82) is 0 Å². The predicted octanol–water partition coefficient (Wildman–Crippen LogP) is 3.61. The Morgan fingerprint density at radius 1 is 1.33 bits per heavy atom. The highest BCUT2D eigenvalue weighted by molar-refractivity contribution is 7.99. The van der Waals surface area contributed by atoms with Crippen LogP contribution in [0.3, 0.4) is 0 Å². The number of benzene rings is 1. The van der Waals surface area contributed by atoms with Gasteiger partial charge in [0.1, 0.15) is 5.37 Å². The zero-order chi connectivity index (χ0) is 14.8. The lowest BCUT2D eigenvalue weighted by Gasteiger charge is -2.24. The van der Waals surface area contributed by atoms with Crippen LogP contribution in [0, 0.1) is 6.92 Å². The minimum absolute atomic E-state index is 0.0307. The van der Waals surface area contributed by atoms with Crippen LogP contribution in [0.25, 0.3) is 0 Å². The number of nitrogens with zero attached hydrogens (tertiary/aromatic N) is 2.